The molecule has 0 spiro atoms. The molecule has 104 valence electrons. The summed E-state index contributed by atoms with van der Waals surface area (Å²) in [5, 5.41) is 13.6. The summed E-state index contributed by atoms with van der Waals surface area (Å²) >= 11 is 7.33. The van der Waals surface area contributed by atoms with E-state index in [1.807, 2.05) is 19.1 Å². The molecular weight excluding hydrogens is 300 g/mol. The molecule has 0 fully saturated rings. The van der Waals surface area contributed by atoms with Gasteiger partial charge in [0.1, 0.15) is 10.6 Å². The van der Waals surface area contributed by atoms with Gasteiger partial charge in [0.25, 0.3) is 5.91 Å². The maximum atomic E-state index is 12.0. The van der Waals surface area contributed by atoms with Gasteiger partial charge in [-0.25, -0.2) is 0 Å². The molecule has 0 aliphatic heterocycles. The number of carbonyl (C=O) groups is 1. The highest BCUT2D eigenvalue weighted by Crippen LogP contribution is 2.28. The Labute approximate surface area is 124 Å². The smallest absolute Gasteiger partial charge is 0.300 e. The maximum absolute atomic E-state index is 12.0. The summed E-state index contributed by atoms with van der Waals surface area (Å²) in [4.78, 5) is 24.5. The lowest BCUT2D eigenvalue weighted by molar-refractivity contribution is -0.385. The zero-order chi connectivity index (χ0) is 14.7. The number of para-hydroxylation sites is 1. The second-order valence-electron chi connectivity index (χ2n) is 4.09. The standard InChI is InChI=1S/C13H11ClN2O3S/c1-8-5-6-9(20-8)7-15-13(17)10-3-2-4-11(14)12(10)16(18)19/h2-6H,7H2,1H3,(H,15,17). The molecule has 0 bridgehead atoms. The molecule has 0 aliphatic rings. The first-order valence-corrected chi connectivity index (χ1v) is 6.95. The first kappa shape index (κ1) is 14.5. The molecule has 1 N–H and O–H groups in total. The molecule has 2 rings (SSSR count). The Bertz CT molecular complexity index is 669. The normalized spacial score (nSPS) is 10.3. The number of nitro groups is 1. The number of amides is 1. The van der Waals surface area contributed by atoms with Gasteiger partial charge in [-0.2, -0.15) is 0 Å². The SMILES string of the molecule is Cc1ccc(CNC(=O)c2cccc(Cl)c2[N+](=O)[O-])s1. The van der Waals surface area contributed by atoms with Crippen LogP contribution in [-0.2, 0) is 6.54 Å². The molecule has 0 saturated carbocycles. The lowest BCUT2D eigenvalue weighted by atomic mass is 10.1. The molecule has 1 heterocycles. The maximum Gasteiger partial charge on any atom is 0.300 e. The fraction of sp³-hybridized carbons (Fsp3) is 0.154. The molecule has 20 heavy (non-hydrogen) atoms. The topological polar surface area (TPSA) is 72.2 Å². The molecule has 1 aromatic carbocycles. The molecule has 0 atom stereocenters. The Morgan fingerprint density at radius 2 is 2.15 bits per heavy atom. The predicted molar refractivity (Wildman–Crippen MR) is 78.3 cm³/mol. The number of nitro benzene ring substituents is 1. The van der Waals surface area contributed by atoms with Crippen LogP contribution in [0.1, 0.15) is 20.1 Å². The third-order valence-electron chi connectivity index (χ3n) is 2.63. The van der Waals surface area contributed by atoms with Crippen LogP contribution in [0, 0.1) is 17.0 Å². The van der Waals surface area contributed by atoms with Crippen molar-refractivity contribution in [3.8, 4) is 0 Å². The van der Waals surface area contributed by atoms with E-state index >= 15 is 0 Å². The van der Waals surface area contributed by atoms with E-state index in [2.05, 4.69) is 5.32 Å². The fourth-order valence-electron chi connectivity index (χ4n) is 1.73. The average Bonchev–Trinajstić information content (AvgIpc) is 2.81. The molecule has 7 heteroatoms. The Morgan fingerprint density at radius 3 is 2.75 bits per heavy atom. The van der Waals surface area contributed by atoms with Crippen molar-refractivity contribution < 1.29 is 9.72 Å². The summed E-state index contributed by atoms with van der Waals surface area (Å²) in [6, 6.07) is 8.15. The van der Waals surface area contributed by atoms with Crippen LogP contribution in [0.4, 0.5) is 5.69 Å². The number of carbonyl (C=O) groups excluding carboxylic acids is 1. The van der Waals surface area contributed by atoms with Gasteiger partial charge in [0.15, 0.2) is 0 Å². The average molecular weight is 311 g/mol. The highest BCUT2D eigenvalue weighted by molar-refractivity contribution is 7.11. The zero-order valence-corrected chi connectivity index (χ0v) is 12.1. The fourth-order valence-corrected chi connectivity index (χ4v) is 2.80. The number of hydrogen-bond acceptors (Lipinski definition) is 4. The number of benzene rings is 1. The number of nitrogens with zero attached hydrogens (tertiary/aromatic N) is 1. The summed E-state index contributed by atoms with van der Waals surface area (Å²) in [6.07, 6.45) is 0. The van der Waals surface area contributed by atoms with Crippen LogP contribution in [0.15, 0.2) is 30.3 Å². The third kappa shape index (κ3) is 3.15. The number of rotatable bonds is 4. The van der Waals surface area contributed by atoms with Gasteiger partial charge in [0, 0.05) is 9.75 Å². The molecule has 0 radical (unpaired) electrons. The molecule has 1 amide bonds. The van der Waals surface area contributed by atoms with Crippen LogP contribution in [0.2, 0.25) is 5.02 Å². The van der Waals surface area contributed by atoms with Gasteiger partial charge in [-0.15, -0.1) is 11.3 Å². The van der Waals surface area contributed by atoms with Gasteiger partial charge >= 0.3 is 5.69 Å². The van der Waals surface area contributed by atoms with Crippen LogP contribution in [0.5, 0.6) is 0 Å². The first-order chi connectivity index (χ1) is 9.49. The quantitative estimate of drug-likeness (QED) is 0.693. The number of aryl methyl sites for hydroxylation is 1. The van der Waals surface area contributed by atoms with Gasteiger partial charge in [0.2, 0.25) is 0 Å². The summed E-state index contributed by atoms with van der Waals surface area (Å²) in [5.41, 5.74) is -0.398. The lowest BCUT2D eigenvalue weighted by Crippen LogP contribution is -2.23. The van der Waals surface area contributed by atoms with Gasteiger partial charge in [0.05, 0.1) is 11.5 Å². The summed E-state index contributed by atoms with van der Waals surface area (Å²) < 4.78 is 0. The lowest BCUT2D eigenvalue weighted by Gasteiger charge is -2.05. The van der Waals surface area contributed by atoms with Crippen molar-refractivity contribution in [2.75, 3.05) is 0 Å². The minimum absolute atomic E-state index is 0.0317. The van der Waals surface area contributed by atoms with Crippen molar-refractivity contribution in [3.05, 3.63) is 60.8 Å². The van der Waals surface area contributed by atoms with E-state index < -0.39 is 10.8 Å². The van der Waals surface area contributed by atoms with Gasteiger partial charge in [-0.3, -0.25) is 14.9 Å². The second-order valence-corrected chi connectivity index (χ2v) is 5.87. The summed E-state index contributed by atoms with van der Waals surface area (Å²) in [6.45, 7) is 2.30. The van der Waals surface area contributed by atoms with E-state index in [0.717, 1.165) is 9.75 Å². The van der Waals surface area contributed by atoms with E-state index in [1.165, 1.54) is 18.2 Å². The van der Waals surface area contributed by atoms with Crippen LogP contribution in [0.3, 0.4) is 0 Å². The minimum atomic E-state index is -0.646. The largest absolute Gasteiger partial charge is 0.347 e. The van der Waals surface area contributed by atoms with Crippen LogP contribution < -0.4 is 5.32 Å². The monoisotopic (exact) mass is 310 g/mol. The zero-order valence-electron chi connectivity index (χ0n) is 10.6. The molecule has 0 saturated heterocycles. The molecule has 2 aromatic rings. The molecular formula is C13H11ClN2O3S. The summed E-state index contributed by atoms with van der Waals surface area (Å²) in [7, 11) is 0. The van der Waals surface area contributed by atoms with E-state index in [-0.39, 0.29) is 16.3 Å². The third-order valence-corrected chi connectivity index (χ3v) is 3.94. The summed E-state index contributed by atoms with van der Waals surface area (Å²) in [5.74, 6) is -0.509. The van der Waals surface area contributed by atoms with Gasteiger partial charge < -0.3 is 5.32 Å². The van der Waals surface area contributed by atoms with E-state index in [0.29, 0.717) is 6.54 Å². The van der Waals surface area contributed by atoms with Crippen molar-refractivity contribution in [3.63, 3.8) is 0 Å². The van der Waals surface area contributed by atoms with Crippen molar-refractivity contribution in [1.82, 2.24) is 5.32 Å². The van der Waals surface area contributed by atoms with Gasteiger partial charge in [-0.05, 0) is 31.2 Å². The Hall–Kier alpha value is -1.92. The van der Waals surface area contributed by atoms with Crippen molar-refractivity contribution >= 4 is 34.5 Å². The minimum Gasteiger partial charge on any atom is -0.347 e. The molecule has 1 aromatic heterocycles. The number of thiophene rings is 1. The van der Waals surface area contributed by atoms with E-state index in [4.69, 9.17) is 11.6 Å². The molecule has 5 nitrogen and oxygen atoms in total. The van der Waals surface area contributed by atoms with Crippen LogP contribution >= 0.6 is 22.9 Å². The van der Waals surface area contributed by atoms with Gasteiger partial charge in [-0.1, -0.05) is 17.7 Å². The van der Waals surface area contributed by atoms with Crippen LogP contribution in [-0.4, -0.2) is 10.8 Å². The van der Waals surface area contributed by atoms with E-state index in [9.17, 15) is 14.9 Å². The van der Waals surface area contributed by atoms with E-state index in [1.54, 1.807) is 11.3 Å². The molecule has 0 unspecified atom stereocenters. The van der Waals surface area contributed by atoms with Crippen molar-refractivity contribution in [2.24, 2.45) is 0 Å². The van der Waals surface area contributed by atoms with Crippen molar-refractivity contribution in [2.45, 2.75) is 13.5 Å². The number of nitrogens with one attached hydrogen (secondary N) is 1. The Kier molecular flexibility index (Phi) is 4.36. The second kappa shape index (κ2) is 6.02. The highest BCUT2D eigenvalue weighted by atomic mass is 35.5. The first-order valence-electron chi connectivity index (χ1n) is 5.75. The Balaban J connectivity index is 2.17. The molecule has 0 aliphatic carbocycles. The van der Waals surface area contributed by atoms with Crippen LogP contribution in [0.25, 0.3) is 0 Å². The highest BCUT2D eigenvalue weighted by Gasteiger charge is 2.23. The van der Waals surface area contributed by atoms with Crippen molar-refractivity contribution in [1.29, 1.82) is 0 Å². The number of halogens is 1. The Morgan fingerprint density at radius 1 is 1.40 bits per heavy atom. The predicted octanol–water partition coefficient (Wildman–Crippen LogP) is 3.55. The number of hydrogen-bond donors (Lipinski definition) is 1.